The fourth-order valence-electron chi connectivity index (χ4n) is 1.58. The molecule has 2 rings (SSSR count). The van der Waals surface area contributed by atoms with Crippen LogP contribution in [-0.4, -0.2) is 34.7 Å². The third-order valence-electron chi connectivity index (χ3n) is 2.41. The van der Waals surface area contributed by atoms with Gasteiger partial charge in [0.1, 0.15) is 10.0 Å². The standard InChI is InChI=1S/C10H8BrClN4O4S/c1-4-8(7(10(17)18)15-14-4)21(19,20)16-5-2-6(11)9(12)13-3-5/h2-3,16H,1H3,(H,14,15)(H,17,18). The number of nitrogens with zero attached hydrogens (tertiary/aromatic N) is 2. The summed E-state index contributed by atoms with van der Waals surface area (Å²) in [5.74, 6) is -1.45. The van der Waals surface area contributed by atoms with Crippen molar-refractivity contribution in [3.63, 3.8) is 0 Å². The molecule has 0 spiro atoms. The number of hydrogen-bond donors (Lipinski definition) is 3. The van der Waals surface area contributed by atoms with Crippen LogP contribution < -0.4 is 4.72 Å². The van der Waals surface area contributed by atoms with Crippen LogP contribution >= 0.6 is 27.5 Å². The zero-order chi connectivity index (χ0) is 15.8. The molecule has 0 aliphatic heterocycles. The molecule has 0 radical (unpaired) electrons. The average Bonchev–Trinajstić information content (AvgIpc) is 2.76. The van der Waals surface area contributed by atoms with Gasteiger partial charge in [0.15, 0.2) is 5.69 Å². The number of carboxylic acids is 1. The molecule has 2 heterocycles. The molecule has 2 aromatic rings. The minimum atomic E-state index is -4.13. The number of aromatic amines is 1. The third-order valence-corrected chi connectivity index (χ3v) is 5.09. The number of aryl methyl sites for hydroxylation is 1. The number of aromatic nitrogens is 3. The number of sulfonamides is 1. The number of anilines is 1. The number of carbonyl (C=O) groups is 1. The van der Waals surface area contributed by atoms with Gasteiger partial charge in [-0.2, -0.15) is 5.10 Å². The Morgan fingerprint density at radius 3 is 2.76 bits per heavy atom. The summed E-state index contributed by atoms with van der Waals surface area (Å²) in [6.45, 7) is 1.41. The molecular formula is C10H8BrClN4O4S. The zero-order valence-electron chi connectivity index (χ0n) is 10.4. The van der Waals surface area contributed by atoms with Crippen molar-refractivity contribution in [3.05, 3.63) is 33.3 Å². The van der Waals surface area contributed by atoms with Gasteiger partial charge in [-0.1, -0.05) is 11.6 Å². The van der Waals surface area contributed by atoms with Gasteiger partial charge in [-0.25, -0.2) is 18.2 Å². The molecule has 2 aromatic heterocycles. The summed E-state index contributed by atoms with van der Waals surface area (Å²) in [5.41, 5.74) is -0.343. The summed E-state index contributed by atoms with van der Waals surface area (Å²) < 4.78 is 27.2. The average molecular weight is 396 g/mol. The van der Waals surface area contributed by atoms with E-state index in [1.165, 1.54) is 19.2 Å². The maximum atomic E-state index is 12.3. The van der Waals surface area contributed by atoms with E-state index in [9.17, 15) is 13.2 Å². The Morgan fingerprint density at radius 2 is 2.19 bits per heavy atom. The number of rotatable bonds is 4. The van der Waals surface area contributed by atoms with Crippen LogP contribution in [0.3, 0.4) is 0 Å². The Hall–Kier alpha value is -1.65. The largest absolute Gasteiger partial charge is 0.476 e. The molecule has 0 aromatic carbocycles. The van der Waals surface area contributed by atoms with Gasteiger partial charge in [0.05, 0.1) is 22.1 Å². The Bertz CT molecular complexity index is 820. The second kappa shape index (κ2) is 5.62. The molecule has 0 saturated carbocycles. The van der Waals surface area contributed by atoms with E-state index in [1.54, 1.807) is 0 Å². The van der Waals surface area contributed by atoms with E-state index in [0.29, 0.717) is 4.47 Å². The highest BCUT2D eigenvalue weighted by Gasteiger charge is 2.28. The molecule has 0 bridgehead atoms. The van der Waals surface area contributed by atoms with Crippen LogP contribution in [0.1, 0.15) is 16.2 Å². The van der Waals surface area contributed by atoms with Crippen molar-refractivity contribution in [3.8, 4) is 0 Å². The molecule has 0 atom stereocenters. The van der Waals surface area contributed by atoms with Crippen LogP contribution in [0.4, 0.5) is 5.69 Å². The first-order chi connectivity index (χ1) is 9.72. The highest BCUT2D eigenvalue weighted by atomic mass is 79.9. The predicted octanol–water partition coefficient (Wildman–Crippen LogP) is 2.03. The molecule has 21 heavy (non-hydrogen) atoms. The van der Waals surface area contributed by atoms with Gasteiger partial charge in [-0.3, -0.25) is 9.82 Å². The van der Waals surface area contributed by atoms with Crippen molar-refractivity contribution in [2.75, 3.05) is 4.72 Å². The van der Waals surface area contributed by atoms with Crippen LogP contribution in [0.15, 0.2) is 21.6 Å². The molecule has 11 heteroatoms. The molecule has 112 valence electrons. The van der Waals surface area contributed by atoms with Gasteiger partial charge in [0.25, 0.3) is 10.0 Å². The van der Waals surface area contributed by atoms with Crippen molar-refractivity contribution in [2.24, 2.45) is 0 Å². The summed E-state index contributed by atoms with van der Waals surface area (Å²) in [6, 6.07) is 1.41. The van der Waals surface area contributed by atoms with Crippen LogP contribution in [0.2, 0.25) is 5.15 Å². The van der Waals surface area contributed by atoms with Gasteiger partial charge in [0, 0.05) is 0 Å². The fourth-order valence-corrected chi connectivity index (χ4v) is 3.39. The van der Waals surface area contributed by atoms with Gasteiger partial charge in [-0.15, -0.1) is 0 Å². The minimum Gasteiger partial charge on any atom is -0.476 e. The lowest BCUT2D eigenvalue weighted by atomic mass is 10.4. The molecule has 0 amide bonds. The van der Waals surface area contributed by atoms with E-state index in [1.807, 2.05) is 0 Å². The van der Waals surface area contributed by atoms with Crippen LogP contribution in [0.25, 0.3) is 0 Å². The quantitative estimate of drug-likeness (QED) is 0.680. The number of halogens is 2. The number of H-pyrrole nitrogens is 1. The van der Waals surface area contributed by atoms with E-state index in [2.05, 4.69) is 35.8 Å². The van der Waals surface area contributed by atoms with Crippen LogP contribution in [0.5, 0.6) is 0 Å². The van der Waals surface area contributed by atoms with E-state index in [-0.39, 0.29) is 16.5 Å². The first-order valence-corrected chi connectivity index (χ1v) is 8.00. The molecule has 0 unspecified atom stereocenters. The van der Waals surface area contributed by atoms with Gasteiger partial charge in [-0.05, 0) is 28.9 Å². The maximum absolute atomic E-state index is 12.3. The monoisotopic (exact) mass is 394 g/mol. The molecule has 8 nitrogen and oxygen atoms in total. The van der Waals surface area contributed by atoms with Gasteiger partial charge in [0.2, 0.25) is 0 Å². The summed E-state index contributed by atoms with van der Waals surface area (Å²) >= 11 is 8.83. The van der Waals surface area contributed by atoms with Crippen molar-refractivity contribution >= 4 is 49.2 Å². The van der Waals surface area contributed by atoms with Crippen molar-refractivity contribution in [1.29, 1.82) is 0 Å². The highest BCUT2D eigenvalue weighted by molar-refractivity contribution is 9.10. The van der Waals surface area contributed by atoms with Gasteiger partial charge >= 0.3 is 5.97 Å². The Labute approximate surface area is 132 Å². The van der Waals surface area contributed by atoms with E-state index in [0.717, 1.165) is 0 Å². The van der Waals surface area contributed by atoms with E-state index >= 15 is 0 Å². The Kier molecular flexibility index (Phi) is 4.21. The minimum absolute atomic E-state index is 0.112. The smallest absolute Gasteiger partial charge is 0.357 e. The Morgan fingerprint density at radius 1 is 1.52 bits per heavy atom. The van der Waals surface area contributed by atoms with Crippen LogP contribution in [-0.2, 0) is 10.0 Å². The third kappa shape index (κ3) is 3.17. The van der Waals surface area contributed by atoms with E-state index in [4.69, 9.17) is 16.7 Å². The van der Waals surface area contributed by atoms with Crippen molar-refractivity contribution < 1.29 is 18.3 Å². The summed E-state index contributed by atoms with van der Waals surface area (Å²) in [5, 5.41) is 14.9. The summed E-state index contributed by atoms with van der Waals surface area (Å²) in [7, 11) is -4.13. The Balaban J connectivity index is 2.45. The topological polar surface area (TPSA) is 125 Å². The molecule has 0 aliphatic rings. The number of nitrogens with one attached hydrogen (secondary N) is 2. The molecule has 0 saturated heterocycles. The first-order valence-electron chi connectivity index (χ1n) is 5.34. The normalized spacial score (nSPS) is 11.4. The lowest BCUT2D eigenvalue weighted by Gasteiger charge is -2.08. The predicted molar refractivity (Wildman–Crippen MR) is 78.0 cm³/mol. The molecule has 0 fully saturated rings. The molecule has 0 aliphatic carbocycles. The summed E-state index contributed by atoms with van der Waals surface area (Å²) in [6.07, 6.45) is 1.21. The van der Waals surface area contributed by atoms with Crippen molar-refractivity contribution in [1.82, 2.24) is 15.2 Å². The van der Waals surface area contributed by atoms with Crippen LogP contribution in [0, 0.1) is 6.92 Å². The number of pyridine rings is 1. The SMILES string of the molecule is Cc1[nH]nc(C(=O)O)c1S(=O)(=O)Nc1cnc(Cl)c(Br)c1. The molecular weight excluding hydrogens is 388 g/mol. The highest BCUT2D eigenvalue weighted by Crippen LogP contribution is 2.26. The lowest BCUT2D eigenvalue weighted by Crippen LogP contribution is -2.17. The summed E-state index contributed by atoms with van der Waals surface area (Å²) in [4.78, 5) is 14.4. The lowest BCUT2D eigenvalue weighted by molar-refractivity contribution is 0.0686. The van der Waals surface area contributed by atoms with Crippen molar-refractivity contribution in [2.45, 2.75) is 11.8 Å². The number of aromatic carboxylic acids is 1. The fraction of sp³-hybridized carbons (Fsp3) is 0.100. The number of hydrogen-bond acceptors (Lipinski definition) is 5. The molecule has 3 N–H and O–H groups in total. The first kappa shape index (κ1) is 15.7. The van der Waals surface area contributed by atoms with E-state index < -0.39 is 26.6 Å². The second-order valence-electron chi connectivity index (χ2n) is 3.93. The second-order valence-corrected chi connectivity index (χ2v) is 6.77. The zero-order valence-corrected chi connectivity index (χ0v) is 13.5. The number of carboxylic acid groups (broad SMARTS) is 1. The van der Waals surface area contributed by atoms with Gasteiger partial charge < -0.3 is 5.11 Å². The maximum Gasteiger partial charge on any atom is 0.357 e.